The third-order valence-corrected chi connectivity index (χ3v) is 2.96. The molecule has 0 saturated heterocycles. The van der Waals surface area contributed by atoms with Crippen molar-refractivity contribution in [3.05, 3.63) is 42.7 Å². The molecule has 3 rings (SSSR count). The molecule has 1 aliphatic rings. The lowest BCUT2D eigenvalue weighted by molar-refractivity contribution is 0.250. The Morgan fingerprint density at radius 1 is 1.35 bits per heavy atom. The number of carbonyl (C=O) groups excluding carboxylic acids is 1. The van der Waals surface area contributed by atoms with E-state index in [-0.39, 0.29) is 6.03 Å². The van der Waals surface area contributed by atoms with Gasteiger partial charge in [0.05, 0.1) is 24.4 Å². The summed E-state index contributed by atoms with van der Waals surface area (Å²) in [5, 5.41) is 5.62. The van der Waals surface area contributed by atoms with Crippen LogP contribution in [0.25, 0.3) is 0 Å². The second-order valence-corrected chi connectivity index (χ2v) is 4.62. The van der Waals surface area contributed by atoms with Crippen LogP contribution in [0.15, 0.2) is 37.1 Å². The van der Waals surface area contributed by atoms with Crippen LogP contribution in [-0.2, 0) is 0 Å². The van der Waals surface area contributed by atoms with E-state index in [0.717, 1.165) is 18.5 Å². The van der Waals surface area contributed by atoms with Crippen LogP contribution in [0, 0.1) is 11.8 Å². The fourth-order valence-electron chi connectivity index (χ4n) is 1.73. The highest BCUT2D eigenvalue weighted by Gasteiger charge is 2.42. The van der Waals surface area contributed by atoms with Gasteiger partial charge in [0.15, 0.2) is 0 Å². The highest BCUT2D eigenvalue weighted by molar-refractivity contribution is 5.90. The summed E-state index contributed by atoms with van der Waals surface area (Å²) < 4.78 is 0. The molecule has 6 nitrogen and oxygen atoms in total. The second kappa shape index (κ2) is 5.05. The first kappa shape index (κ1) is 12.2. The maximum absolute atomic E-state index is 11.9. The standard InChI is InChI=1S/C14H13N5O/c20-13(18-12-2-1-7-15-9-12)19-14(5-6-14)4-3-11-8-16-10-17-11/h1-2,7-10H,5-6H2,(H,16,17)(H2,18,19,20). The van der Waals surface area contributed by atoms with Crippen molar-refractivity contribution in [2.24, 2.45) is 0 Å². The van der Waals surface area contributed by atoms with Crippen molar-refractivity contribution in [2.75, 3.05) is 5.32 Å². The first-order chi connectivity index (χ1) is 9.76. The number of anilines is 1. The summed E-state index contributed by atoms with van der Waals surface area (Å²) in [5.74, 6) is 6.05. The van der Waals surface area contributed by atoms with Gasteiger partial charge in [0.2, 0.25) is 0 Å². The lowest BCUT2D eigenvalue weighted by atomic mass is 10.2. The summed E-state index contributed by atoms with van der Waals surface area (Å²) in [6.45, 7) is 0. The van der Waals surface area contributed by atoms with Gasteiger partial charge in [0.25, 0.3) is 0 Å². The van der Waals surface area contributed by atoms with Gasteiger partial charge in [0.1, 0.15) is 11.2 Å². The summed E-state index contributed by atoms with van der Waals surface area (Å²) >= 11 is 0. The molecule has 1 fully saturated rings. The Morgan fingerprint density at radius 3 is 2.90 bits per heavy atom. The van der Waals surface area contributed by atoms with Gasteiger partial charge in [-0.25, -0.2) is 9.78 Å². The monoisotopic (exact) mass is 267 g/mol. The second-order valence-electron chi connectivity index (χ2n) is 4.62. The van der Waals surface area contributed by atoms with E-state index in [0.29, 0.717) is 5.69 Å². The zero-order valence-corrected chi connectivity index (χ0v) is 10.7. The quantitative estimate of drug-likeness (QED) is 0.721. The molecular weight excluding hydrogens is 254 g/mol. The number of aromatic nitrogens is 3. The Hall–Kier alpha value is -2.81. The molecule has 20 heavy (non-hydrogen) atoms. The number of amides is 2. The third kappa shape index (κ3) is 2.95. The Morgan fingerprint density at radius 2 is 2.25 bits per heavy atom. The molecule has 1 saturated carbocycles. The van der Waals surface area contributed by atoms with Crippen LogP contribution in [0.1, 0.15) is 18.5 Å². The summed E-state index contributed by atoms with van der Waals surface area (Å²) in [6, 6.07) is 3.28. The number of carbonyl (C=O) groups is 1. The van der Waals surface area contributed by atoms with Crippen molar-refractivity contribution in [3.63, 3.8) is 0 Å². The SMILES string of the molecule is O=C(Nc1cccnc1)NC1(C#Cc2cnc[nH]2)CC1. The van der Waals surface area contributed by atoms with E-state index in [1.165, 1.54) is 0 Å². The van der Waals surface area contributed by atoms with Crippen molar-refractivity contribution >= 4 is 11.7 Å². The number of nitrogens with zero attached hydrogens (tertiary/aromatic N) is 2. The predicted molar refractivity (Wildman–Crippen MR) is 73.8 cm³/mol. The smallest absolute Gasteiger partial charge is 0.320 e. The molecule has 2 heterocycles. The van der Waals surface area contributed by atoms with Gasteiger partial charge in [-0.1, -0.05) is 5.92 Å². The molecule has 0 aliphatic heterocycles. The van der Waals surface area contributed by atoms with Crippen molar-refractivity contribution in [1.82, 2.24) is 20.3 Å². The average Bonchev–Trinajstić information content (AvgIpc) is 3.01. The number of H-pyrrole nitrogens is 1. The largest absolute Gasteiger partial charge is 0.338 e. The van der Waals surface area contributed by atoms with E-state index >= 15 is 0 Å². The van der Waals surface area contributed by atoms with E-state index in [1.54, 1.807) is 37.1 Å². The zero-order chi connectivity index (χ0) is 13.8. The number of pyridine rings is 1. The maximum atomic E-state index is 11.9. The molecule has 6 heteroatoms. The summed E-state index contributed by atoms with van der Waals surface area (Å²) in [6.07, 6.45) is 8.19. The molecule has 100 valence electrons. The molecule has 0 spiro atoms. The summed E-state index contributed by atoms with van der Waals surface area (Å²) in [5.41, 5.74) is 0.977. The molecular formula is C14H13N5O. The molecule has 2 aromatic rings. The lowest BCUT2D eigenvalue weighted by Gasteiger charge is -2.11. The summed E-state index contributed by atoms with van der Waals surface area (Å²) in [7, 11) is 0. The minimum Gasteiger partial charge on any atom is -0.338 e. The van der Waals surface area contributed by atoms with Crippen LogP contribution >= 0.6 is 0 Å². The van der Waals surface area contributed by atoms with Gasteiger partial charge in [-0.15, -0.1) is 0 Å². The normalized spacial score (nSPS) is 14.8. The zero-order valence-electron chi connectivity index (χ0n) is 10.7. The van der Waals surface area contributed by atoms with E-state index < -0.39 is 5.54 Å². The van der Waals surface area contributed by atoms with Crippen LogP contribution in [-0.4, -0.2) is 26.5 Å². The average molecular weight is 267 g/mol. The molecule has 3 N–H and O–H groups in total. The minimum atomic E-state index is -0.419. The molecule has 2 amide bonds. The van der Waals surface area contributed by atoms with E-state index in [2.05, 4.69) is 37.4 Å². The number of imidazole rings is 1. The molecule has 0 radical (unpaired) electrons. The topological polar surface area (TPSA) is 82.7 Å². The number of aromatic amines is 1. The Balaban J connectivity index is 1.61. The number of nitrogens with one attached hydrogen (secondary N) is 3. The molecule has 1 aliphatic carbocycles. The number of rotatable bonds is 2. The van der Waals surface area contributed by atoms with Crippen molar-refractivity contribution in [1.29, 1.82) is 0 Å². The van der Waals surface area contributed by atoms with E-state index in [4.69, 9.17) is 0 Å². The first-order valence-electron chi connectivity index (χ1n) is 6.27. The van der Waals surface area contributed by atoms with E-state index in [1.807, 2.05) is 0 Å². The van der Waals surface area contributed by atoms with Gasteiger partial charge < -0.3 is 15.6 Å². The van der Waals surface area contributed by atoms with Crippen LogP contribution in [0.5, 0.6) is 0 Å². The van der Waals surface area contributed by atoms with Gasteiger partial charge in [0, 0.05) is 6.20 Å². The maximum Gasteiger partial charge on any atom is 0.320 e. The van der Waals surface area contributed by atoms with Crippen LogP contribution in [0.2, 0.25) is 0 Å². The van der Waals surface area contributed by atoms with Crippen LogP contribution in [0.3, 0.4) is 0 Å². The van der Waals surface area contributed by atoms with Gasteiger partial charge in [-0.2, -0.15) is 0 Å². The highest BCUT2D eigenvalue weighted by atomic mass is 16.2. The van der Waals surface area contributed by atoms with E-state index in [9.17, 15) is 4.79 Å². The molecule has 0 bridgehead atoms. The predicted octanol–water partition coefficient (Wildman–Crippen LogP) is 1.51. The lowest BCUT2D eigenvalue weighted by Crippen LogP contribution is -2.38. The van der Waals surface area contributed by atoms with Crippen LogP contribution < -0.4 is 10.6 Å². The fourth-order valence-corrected chi connectivity index (χ4v) is 1.73. The van der Waals surface area contributed by atoms with Crippen molar-refractivity contribution in [2.45, 2.75) is 18.4 Å². The molecule has 0 aromatic carbocycles. The summed E-state index contributed by atoms with van der Waals surface area (Å²) in [4.78, 5) is 22.6. The van der Waals surface area contributed by atoms with Crippen molar-refractivity contribution < 1.29 is 4.79 Å². The number of hydrogen-bond acceptors (Lipinski definition) is 3. The molecule has 2 aromatic heterocycles. The Bertz CT molecular complexity index is 650. The van der Waals surface area contributed by atoms with Crippen molar-refractivity contribution in [3.8, 4) is 11.8 Å². The van der Waals surface area contributed by atoms with Gasteiger partial charge in [-0.3, -0.25) is 4.98 Å². The third-order valence-electron chi connectivity index (χ3n) is 2.96. The number of urea groups is 1. The Labute approximate surface area is 116 Å². The van der Waals surface area contributed by atoms with Gasteiger partial charge >= 0.3 is 6.03 Å². The van der Waals surface area contributed by atoms with Crippen LogP contribution in [0.4, 0.5) is 10.5 Å². The minimum absolute atomic E-state index is 0.269. The first-order valence-corrected chi connectivity index (χ1v) is 6.27. The highest BCUT2D eigenvalue weighted by Crippen LogP contribution is 2.34. The number of hydrogen-bond donors (Lipinski definition) is 3. The molecule has 0 unspecified atom stereocenters. The molecule has 0 atom stereocenters. The van der Waals surface area contributed by atoms with Gasteiger partial charge in [-0.05, 0) is 30.9 Å². The Kier molecular flexibility index (Phi) is 3.09. The fraction of sp³-hybridized carbons (Fsp3) is 0.214.